The molecule has 1 saturated carbocycles. The Bertz CT molecular complexity index is 573. The van der Waals surface area contributed by atoms with E-state index in [4.69, 9.17) is 0 Å². The Hall–Kier alpha value is -1.35. The summed E-state index contributed by atoms with van der Waals surface area (Å²) in [7, 11) is 0. The van der Waals surface area contributed by atoms with Crippen molar-refractivity contribution in [1.29, 1.82) is 0 Å². The van der Waals surface area contributed by atoms with E-state index in [0.717, 1.165) is 19.1 Å². The maximum atomic E-state index is 12.0. The average Bonchev–Trinajstić information content (AvgIpc) is 3.47. The molecule has 0 radical (unpaired) electrons. The molecule has 0 N–H and O–H groups in total. The van der Waals surface area contributed by atoms with Gasteiger partial charge in [-0.1, -0.05) is 37.3 Å². The quantitative estimate of drug-likeness (QED) is 0.846. The zero-order valence-electron chi connectivity index (χ0n) is 14.9. The van der Waals surface area contributed by atoms with Gasteiger partial charge in [0, 0.05) is 38.6 Å². The molecule has 130 valence electrons. The Labute approximate surface area is 146 Å². The zero-order valence-corrected chi connectivity index (χ0v) is 14.9. The summed E-state index contributed by atoms with van der Waals surface area (Å²) in [6.45, 7) is 6.40. The van der Waals surface area contributed by atoms with Crippen LogP contribution in [0.25, 0.3) is 0 Å². The van der Waals surface area contributed by atoms with Gasteiger partial charge in [0.05, 0.1) is 0 Å². The van der Waals surface area contributed by atoms with E-state index in [1.165, 1.54) is 50.8 Å². The van der Waals surface area contributed by atoms with E-state index in [0.29, 0.717) is 23.7 Å². The number of carbonyl (C=O) groups excluding carboxylic acids is 1. The molecule has 1 atom stereocenters. The van der Waals surface area contributed by atoms with E-state index in [9.17, 15) is 4.79 Å². The number of hydrogen-bond donors (Lipinski definition) is 0. The van der Waals surface area contributed by atoms with Gasteiger partial charge in [-0.25, -0.2) is 0 Å². The lowest BCUT2D eigenvalue weighted by Gasteiger charge is -2.50. The summed E-state index contributed by atoms with van der Waals surface area (Å²) in [5.74, 6) is 0.994. The fraction of sp³-hybridized carbons (Fsp3) is 0.667. The van der Waals surface area contributed by atoms with Crippen LogP contribution in [0.5, 0.6) is 0 Å². The van der Waals surface area contributed by atoms with Crippen molar-refractivity contribution >= 4 is 5.91 Å². The number of amides is 1. The highest BCUT2D eigenvalue weighted by Crippen LogP contribution is 2.47. The number of likely N-dealkylation sites (tertiary alicyclic amines) is 2. The summed E-state index contributed by atoms with van der Waals surface area (Å²) in [5.41, 5.74) is 1.93. The van der Waals surface area contributed by atoms with Gasteiger partial charge in [-0.3, -0.25) is 9.69 Å². The van der Waals surface area contributed by atoms with Crippen LogP contribution in [-0.2, 0) is 4.79 Å². The Kier molecular flexibility index (Phi) is 4.38. The van der Waals surface area contributed by atoms with Crippen molar-refractivity contribution in [3.63, 3.8) is 0 Å². The normalized spacial score (nSPS) is 27.4. The van der Waals surface area contributed by atoms with Gasteiger partial charge < -0.3 is 4.90 Å². The molecule has 1 spiro atoms. The summed E-state index contributed by atoms with van der Waals surface area (Å²) in [5, 5.41) is 0. The first-order valence-corrected chi connectivity index (χ1v) is 9.76. The number of carbonyl (C=O) groups is 1. The van der Waals surface area contributed by atoms with E-state index in [1.54, 1.807) is 0 Å². The van der Waals surface area contributed by atoms with Crippen molar-refractivity contribution in [2.24, 2.45) is 5.41 Å². The van der Waals surface area contributed by atoms with E-state index >= 15 is 0 Å². The second-order valence-electron chi connectivity index (χ2n) is 8.21. The van der Waals surface area contributed by atoms with Gasteiger partial charge in [0.1, 0.15) is 0 Å². The van der Waals surface area contributed by atoms with Gasteiger partial charge in [-0.05, 0) is 49.0 Å². The second-order valence-corrected chi connectivity index (χ2v) is 8.21. The Balaban J connectivity index is 1.51. The van der Waals surface area contributed by atoms with Crippen LogP contribution in [0.3, 0.4) is 0 Å². The maximum Gasteiger partial charge on any atom is 0.222 e. The van der Waals surface area contributed by atoms with Crippen molar-refractivity contribution in [3.05, 3.63) is 35.9 Å². The van der Waals surface area contributed by atoms with Crippen molar-refractivity contribution in [2.45, 2.75) is 57.4 Å². The zero-order chi connectivity index (χ0) is 16.6. The SMILES string of the molecule is CCC(=O)N1CCC2(CC1)C[C@@H](c1ccccc1)CN(C1CC1)C2. The molecule has 3 nitrogen and oxygen atoms in total. The topological polar surface area (TPSA) is 23.6 Å². The fourth-order valence-electron chi connectivity index (χ4n) is 4.91. The van der Waals surface area contributed by atoms with Crippen LogP contribution < -0.4 is 0 Å². The number of rotatable bonds is 3. The molecule has 1 aromatic carbocycles. The maximum absolute atomic E-state index is 12.0. The first kappa shape index (κ1) is 16.1. The lowest BCUT2D eigenvalue weighted by molar-refractivity contribution is -0.134. The molecule has 4 rings (SSSR count). The van der Waals surface area contributed by atoms with Crippen LogP contribution in [0.4, 0.5) is 0 Å². The Morgan fingerprint density at radius 3 is 2.50 bits per heavy atom. The molecule has 3 fully saturated rings. The molecule has 3 aliphatic rings. The highest BCUT2D eigenvalue weighted by atomic mass is 16.2. The number of nitrogens with zero attached hydrogens (tertiary/aromatic N) is 2. The van der Waals surface area contributed by atoms with Crippen LogP contribution in [-0.4, -0.2) is 47.9 Å². The Morgan fingerprint density at radius 1 is 1.17 bits per heavy atom. The first-order chi connectivity index (χ1) is 11.7. The minimum Gasteiger partial charge on any atom is -0.343 e. The lowest BCUT2D eigenvalue weighted by Crippen LogP contribution is -2.53. The fourth-order valence-corrected chi connectivity index (χ4v) is 4.91. The third-order valence-corrected chi connectivity index (χ3v) is 6.49. The summed E-state index contributed by atoms with van der Waals surface area (Å²) < 4.78 is 0. The molecule has 0 unspecified atom stereocenters. The van der Waals surface area contributed by atoms with Crippen molar-refractivity contribution in [2.75, 3.05) is 26.2 Å². The van der Waals surface area contributed by atoms with Crippen LogP contribution in [0.2, 0.25) is 0 Å². The molecule has 2 heterocycles. The van der Waals surface area contributed by atoms with Crippen molar-refractivity contribution in [3.8, 4) is 0 Å². The highest BCUT2D eigenvalue weighted by Gasteiger charge is 2.45. The van der Waals surface area contributed by atoms with Crippen LogP contribution >= 0.6 is 0 Å². The molecule has 1 amide bonds. The standard InChI is InChI=1S/C21H30N2O/c1-2-20(24)22-12-10-21(11-13-22)14-18(17-6-4-3-5-7-17)15-23(16-21)19-8-9-19/h3-7,18-19H,2,8-16H2,1H3/t18-/m1/s1. The molecule has 1 aliphatic carbocycles. The smallest absolute Gasteiger partial charge is 0.222 e. The number of hydrogen-bond acceptors (Lipinski definition) is 2. The highest BCUT2D eigenvalue weighted by molar-refractivity contribution is 5.75. The van der Waals surface area contributed by atoms with Crippen LogP contribution in [0.15, 0.2) is 30.3 Å². The molecule has 3 heteroatoms. The molecular formula is C21H30N2O. The van der Waals surface area contributed by atoms with Gasteiger partial charge >= 0.3 is 0 Å². The summed E-state index contributed by atoms with van der Waals surface area (Å²) in [6, 6.07) is 11.9. The second kappa shape index (κ2) is 6.51. The first-order valence-electron chi connectivity index (χ1n) is 9.76. The summed E-state index contributed by atoms with van der Waals surface area (Å²) >= 11 is 0. The average molecular weight is 326 g/mol. The summed E-state index contributed by atoms with van der Waals surface area (Å²) in [6.07, 6.45) is 7.09. The lowest BCUT2D eigenvalue weighted by atomic mass is 9.68. The molecule has 0 aromatic heterocycles. The number of piperidine rings is 2. The van der Waals surface area contributed by atoms with E-state index < -0.39 is 0 Å². The van der Waals surface area contributed by atoms with E-state index in [1.807, 2.05) is 6.92 Å². The Morgan fingerprint density at radius 2 is 1.88 bits per heavy atom. The molecule has 1 aromatic rings. The summed E-state index contributed by atoms with van der Waals surface area (Å²) in [4.78, 5) is 16.9. The third kappa shape index (κ3) is 3.23. The van der Waals surface area contributed by atoms with E-state index in [-0.39, 0.29) is 0 Å². The minimum absolute atomic E-state index is 0.333. The predicted octanol–water partition coefficient (Wildman–Crippen LogP) is 3.66. The molecule has 2 saturated heterocycles. The van der Waals surface area contributed by atoms with Crippen LogP contribution in [0, 0.1) is 5.41 Å². The molecule has 24 heavy (non-hydrogen) atoms. The van der Waals surface area contributed by atoms with Gasteiger partial charge in [-0.2, -0.15) is 0 Å². The van der Waals surface area contributed by atoms with E-state index in [2.05, 4.69) is 40.1 Å². The van der Waals surface area contributed by atoms with Gasteiger partial charge in [0.15, 0.2) is 0 Å². The van der Waals surface area contributed by atoms with Crippen molar-refractivity contribution in [1.82, 2.24) is 9.80 Å². The van der Waals surface area contributed by atoms with Gasteiger partial charge in [0.25, 0.3) is 0 Å². The predicted molar refractivity (Wildman–Crippen MR) is 96.9 cm³/mol. The number of benzene rings is 1. The van der Waals surface area contributed by atoms with Gasteiger partial charge in [0.2, 0.25) is 5.91 Å². The molecule has 2 aliphatic heterocycles. The molecule has 0 bridgehead atoms. The molecular weight excluding hydrogens is 296 g/mol. The third-order valence-electron chi connectivity index (χ3n) is 6.49. The van der Waals surface area contributed by atoms with Crippen LogP contribution in [0.1, 0.15) is 56.9 Å². The van der Waals surface area contributed by atoms with Gasteiger partial charge in [-0.15, -0.1) is 0 Å². The largest absolute Gasteiger partial charge is 0.343 e. The minimum atomic E-state index is 0.333. The monoisotopic (exact) mass is 326 g/mol. The van der Waals surface area contributed by atoms with Crippen molar-refractivity contribution < 1.29 is 4.79 Å².